The summed E-state index contributed by atoms with van der Waals surface area (Å²) in [6.45, 7) is 2.74. The number of nitrogens with one attached hydrogen (secondary N) is 1. The number of anilines is 1. The highest BCUT2D eigenvalue weighted by Crippen LogP contribution is 2.28. The first kappa shape index (κ1) is 14.7. The molecule has 1 saturated heterocycles. The summed E-state index contributed by atoms with van der Waals surface area (Å²) in [6, 6.07) is 3.16. The van der Waals surface area contributed by atoms with Crippen molar-refractivity contribution in [1.29, 1.82) is 0 Å². The lowest BCUT2D eigenvalue weighted by molar-refractivity contribution is 0.186. The van der Waals surface area contributed by atoms with E-state index in [1.165, 1.54) is 6.07 Å². The molecule has 1 unspecified atom stereocenters. The third kappa shape index (κ3) is 2.88. The normalized spacial score (nSPS) is 22.6. The van der Waals surface area contributed by atoms with Gasteiger partial charge in [-0.3, -0.25) is 9.36 Å². The molecule has 1 N–H and O–H groups in total. The summed E-state index contributed by atoms with van der Waals surface area (Å²) in [5, 5.41) is 8.42. The Morgan fingerprint density at radius 1 is 1.32 bits per heavy atom. The molecule has 22 heavy (non-hydrogen) atoms. The fourth-order valence-electron chi connectivity index (χ4n) is 2.92. The standard InChI is InChI=1S/C15H20FN5O/c1-15(16)7-3-4-8-21(10-15)14-19-18-13(20(14)2)11-5-6-12(22)17-9-11/h5-6,9H,3-4,7-8,10H2,1-2H3,(H,17,22). The summed E-state index contributed by atoms with van der Waals surface area (Å²) in [4.78, 5) is 15.7. The van der Waals surface area contributed by atoms with E-state index in [2.05, 4.69) is 15.2 Å². The molecule has 0 spiro atoms. The summed E-state index contributed by atoms with van der Waals surface area (Å²) in [6.07, 6.45) is 4.01. The summed E-state index contributed by atoms with van der Waals surface area (Å²) in [5.74, 6) is 1.31. The van der Waals surface area contributed by atoms with Crippen LogP contribution < -0.4 is 10.5 Å². The number of aromatic nitrogens is 4. The monoisotopic (exact) mass is 305 g/mol. The van der Waals surface area contributed by atoms with E-state index in [-0.39, 0.29) is 5.56 Å². The van der Waals surface area contributed by atoms with E-state index < -0.39 is 5.67 Å². The van der Waals surface area contributed by atoms with Gasteiger partial charge in [-0.15, -0.1) is 10.2 Å². The molecule has 7 heteroatoms. The van der Waals surface area contributed by atoms with Crippen LogP contribution in [0.1, 0.15) is 26.2 Å². The Balaban J connectivity index is 1.92. The van der Waals surface area contributed by atoms with Gasteiger partial charge in [0.2, 0.25) is 11.5 Å². The van der Waals surface area contributed by atoms with Crippen LogP contribution in [0.4, 0.5) is 10.3 Å². The van der Waals surface area contributed by atoms with E-state index in [9.17, 15) is 9.18 Å². The van der Waals surface area contributed by atoms with Gasteiger partial charge in [0.25, 0.3) is 0 Å². The van der Waals surface area contributed by atoms with Gasteiger partial charge < -0.3 is 9.88 Å². The van der Waals surface area contributed by atoms with E-state index in [4.69, 9.17) is 0 Å². The van der Waals surface area contributed by atoms with E-state index in [0.29, 0.717) is 24.7 Å². The molecule has 1 aliphatic rings. The van der Waals surface area contributed by atoms with Crippen molar-refractivity contribution in [3.05, 3.63) is 28.7 Å². The van der Waals surface area contributed by atoms with Crippen molar-refractivity contribution in [2.24, 2.45) is 7.05 Å². The third-order valence-electron chi connectivity index (χ3n) is 4.07. The summed E-state index contributed by atoms with van der Waals surface area (Å²) in [5.41, 5.74) is -0.592. The van der Waals surface area contributed by atoms with Crippen molar-refractivity contribution in [2.45, 2.75) is 31.9 Å². The fourth-order valence-corrected chi connectivity index (χ4v) is 2.92. The molecule has 6 nitrogen and oxygen atoms in total. The molecule has 1 atom stereocenters. The fraction of sp³-hybridized carbons (Fsp3) is 0.533. The number of pyridine rings is 1. The lowest BCUT2D eigenvalue weighted by Gasteiger charge is -2.26. The topological polar surface area (TPSA) is 66.8 Å². The molecule has 0 radical (unpaired) electrons. The summed E-state index contributed by atoms with van der Waals surface area (Å²) in [7, 11) is 1.86. The van der Waals surface area contributed by atoms with Crippen LogP contribution in [0.25, 0.3) is 11.4 Å². The molecule has 0 aliphatic carbocycles. The second-order valence-electron chi connectivity index (χ2n) is 6.12. The maximum atomic E-state index is 14.4. The van der Waals surface area contributed by atoms with Gasteiger partial charge in [-0.1, -0.05) is 0 Å². The van der Waals surface area contributed by atoms with Gasteiger partial charge >= 0.3 is 0 Å². The average Bonchev–Trinajstić information content (AvgIpc) is 2.75. The molecule has 2 aromatic heterocycles. The van der Waals surface area contributed by atoms with Crippen LogP contribution in [0.5, 0.6) is 0 Å². The molecule has 3 heterocycles. The molecule has 2 aromatic rings. The SMILES string of the molecule is Cn1c(-c2ccc(=O)[nH]c2)nnc1N1CCCCC(C)(F)C1. The quantitative estimate of drug-likeness (QED) is 0.920. The van der Waals surface area contributed by atoms with Crippen LogP contribution in [0.3, 0.4) is 0 Å². The smallest absolute Gasteiger partial charge is 0.247 e. The number of alkyl halides is 1. The first-order valence-electron chi connectivity index (χ1n) is 7.49. The molecule has 3 rings (SSSR count). The van der Waals surface area contributed by atoms with Crippen molar-refractivity contribution >= 4 is 5.95 Å². The van der Waals surface area contributed by atoms with E-state index in [0.717, 1.165) is 24.9 Å². The minimum Gasteiger partial charge on any atom is -0.338 e. The van der Waals surface area contributed by atoms with Crippen molar-refractivity contribution in [1.82, 2.24) is 19.7 Å². The highest BCUT2D eigenvalue weighted by Gasteiger charge is 2.31. The van der Waals surface area contributed by atoms with E-state index in [1.54, 1.807) is 19.2 Å². The highest BCUT2D eigenvalue weighted by molar-refractivity contribution is 5.56. The number of aromatic amines is 1. The van der Waals surface area contributed by atoms with Gasteiger partial charge in [0, 0.05) is 31.4 Å². The van der Waals surface area contributed by atoms with Crippen LogP contribution >= 0.6 is 0 Å². The van der Waals surface area contributed by atoms with Crippen molar-refractivity contribution in [3.63, 3.8) is 0 Å². The lowest BCUT2D eigenvalue weighted by atomic mass is 10.0. The predicted octanol–water partition coefficient (Wildman–Crippen LogP) is 1.89. The summed E-state index contributed by atoms with van der Waals surface area (Å²) < 4.78 is 16.3. The highest BCUT2D eigenvalue weighted by atomic mass is 19.1. The van der Waals surface area contributed by atoms with Gasteiger partial charge in [0.15, 0.2) is 5.82 Å². The zero-order chi connectivity index (χ0) is 15.7. The number of rotatable bonds is 2. The van der Waals surface area contributed by atoms with Crippen LogP contribution in [-0.4, -0.2) is 38.5 Å². The molecule has 0 bridgehead atoms. The van der Waals surface area contributed by atoms with Gasteiger partial charge in [0.05, 0.1) is 6.54 Å². The first-order chi connectivity index (χ1) is 10.5. The molecule has 1 aliphatic heterocycles. The van der Waals surface area contributed by atoms with Gasteiger partial charge in [-0.25, -0.2) is 4.39 Å². The van der Waals surface area contributed by atoms with Crippen molar-refractivity contribution < 1.29 is 4.39 Å². The molecular weight excluding hydrogens is 285 g/mol. The van der Waals surface area contributed by atoms with Crippen LogP contribution in [0.15, 0.2) is 23.1 Å². The number of hydrogen-bond donors (Lipinski definition) is 1. The minimum atomic E-state index is -1.21. The number of halogens is 1. The third-order valence-corrected chi connectivity index (χ3v) is 4.07. The van der Waals surface area contributed by atoms with Crippen LogP contribution in [0.2, 0.25) is 0 Å². The lowest BCUT2D eigenvalue weighted by Crippen LogP contribution is -2.37. The second-order valence-corrected chi connectivity index (χ2v) is 6.12. The summed E-state index contributed by atoms with van der Waals surface area (Å²) >= 11 is 0. The molecule has 0 aromatic carbocycles. The Morgan fingerprint density at radius 3 is 2.86 bits per heavy atom. The largest absolute Gasteiger partial charge is 0.338 e. The predicted molar refractivity (Wildman–Crippen MR) is 82.6 cm³/mol. The van der Waals surface area contributed by atoms with Gasteiger partial charge in [0.1, 0.15) is 5.67 Å². The minimum absolute atomic E-state index is 0.160. The molecular formula is C15H20FN5O. The Morgan fingerprint density at radius 2 is 2.14 bits per heavy atom. The Bertz CT molecular complexity index is 700. The van der Waals surface area contributed by atoms with Crippen LogP contribution in [0, 0.1) is 0 Å². The maximum Gasteiger partial charge on any atom is 0.247 e. The zero-order valence-electron chi connectivity index (χ0n) is 12.8. The average molecular weight is 305 g/mol. The molecule has 0 amide bonds. The number of H-pyrrole nitrogens is 1. The van der Waals surface area contributed by atoms with Crippen molar-refractivity contribution in [3.8, 4) is 11.4 Å². The Hall–Kier alpha value is -2.18. The van der Waals surface area contributed by atoms with E-state index in [1.807, 2.05) is 16.5 Å². The van der Waals surface area contributed by atoms with Crippen molar-refractivity contribution in [2.75, 3.05) is 18.0 Å². The molecule has 118 valence electrons. The molecule has 1 fully saturated rings. The number of hydrogen-bond acceptors (Lipinski definition) is 4. The maximum absolute atomic E-state index is 14.4. The van der Waals surface area contributed by atoms with Gasteiger partial charge in [-0.05, 0) is 32.3 Å². The van der Waals surface area contributed by atoms with Crippen LogP contribution in [-0.2, 0) is 7.05 Å². The Labute approximate surface area is 128 Å². The Kier molecular flexibility index (Phi) is 3.72. The second kappa shape index (κ2) is 5.55. The van der Waals surface area contributed by atoms with Gasteiger partial charge in [-0.2, -0.15) is 0 Å². The zero-order valence-corrected chi connectivity index (χ0v) is 12.8. The molecule has 0 saturated carbocycles. The number of nitrogens with zero attached hydrogens (tertiary/aromatic N) is 4. The van der Waals surface area contributed by atoms with E-state index >= 15 is 0 Å². The first-order valence-corrected chi connectivity index (χ1v) is 7.49.